The number of hydrogen-bond donors (Lipinski definition) is 0. The van der Waals surface area contributed by atoms with Gasteiger partial charge in [0.15, 0.2) is 0 Å². The normalized spacial score (nSPS) is 10.1. The summed E-state index contributed by atoms with van der Waals surface area (Å²) in [6, 6.07) is 0. The molecule has 0 N–H and O–H groups in total. The molecule has 0 aliphatic heterocycles. The van der Waals surface area contributed by atoms with Gasteiger partial charge in [0.2, 0.25) is 0 Å². The average molecular weight is 168 g/mol. The highest BCUT2D eigenvalue weighted by Crippen LogP contribution is 1.95. The highest BCUT2D eigenvalue weighted by atomic mass is 16.5. The Kier molecular flexibility index (Phi) is 7.39. The average Bonchev–Trinajstić information content (AvgIpc) is 2.09. The van der Waals surface area contributed by atoms with Crippen molar-refractivity contribution in [3.8, 4) is 0 Å². The van der Waals surface area contributed by atoms with Gasteiger partial charge in [0.25, 0.3) is 0 Å². The lowest BCUT2D eigenvalue weighted by Gasteiger charge is -2.04. The zero-order chi connectivity index (χ0) is 9.23. The van der Waals surface area contributed by atoms with Crippen molar-refractivity contribution in [2.75, 3.05) is 19.8 Å². The summed E-state index contributed by atoms with van der Waals surface area (Å²) in [6.07, 6.45) is 5.22. The lowest BCUT2D eigenvalue weighted by molar-refractivity contribution is 0.0870. The molecule has 2 nitrogen and oxygen atoms in total. The van der Waals surface area contributed by atoms with Crippen molar-refractivity contribution >= 4 is 0 Å². The third-order valence-corrected chi connectivity index (χ3v) is 1.14. The quantitative estimate of drug-likeness (QED) is 0.330. The van der Waals surface area contributed by atoms with Crippen LogP contribution >= 0.6 is 0 Å². The van der Waals surface area contributed by atoms with Gasteiger partial charge in [-0.2, -0.15) is 0 Å². The van der Waals surface area contributed by atoms with Gasteiger partial charge in [-0.3, -0.25) is 0 Å². The Morgan fingerprint density at radius 3 is 2.75 bits per heavy atom. The zero-order valence-electron chi connectivity index (χ0n) is 7.58. The Labute approximate surface area is 74.2 Å². The Morgan fingerprint density at radius 2 is 2.17 bits per heavy atom. The molecular formula is C10H16O2. The Hall–Kier alpha value is -1.02. The Balaban J connectivity index is 3.31. The molecule has 0 amide bonds. The van der Waals surface area contributed by atoms with E-state index in [1.807, 2.05) is 6.92 Å². The summed E-state index contributed by atoms with van der Waals surface area (Å²) < 4.78 is 10.3. The van der Waals surface area contributed by atoms with E-state index in [2.05, 4.69) is 13.2 Å². The number of hydrogen-bond acceptors (Lipinski definition) is 2. The van der Waals surface area contributed by atoms with E-state index in [-0.39, 0.29) is 0 Å². The second-order valence-electron chi connectivity index (χ2n) is 2.11. The summed E-state index contributed by atoms with van der Waals surface area (Å²) >= 11 is 0. The molecule has 0 bridgehead atoms. The van der Waals surface area contributed by atoms with Crippen molar-refractivity contribution in [2.24, 2.45) is 0 Å². The molecule has 0 saturated carbocycles. The van der Waals surface area contributed by atoms with Crippen molar-refractivity contribution < 1.29 is 9.47 Å². The van der Waals surface area contributed by atoms with Gasteiger partial charge in [0, 0.05) is 6.61 Å². The highest BCUT2D eigenvalue weighted by molar-refractivity contribution is 5.12. The molecule has 0 heterocycles. The molecule has 0 aromatic carbocycles. The fourth-order valence-corrected chi connectivity index (χ4v) is 0.600. The first-order chi connectivity index (χ1) is 5.81. The van der Waals surface area contributed by atoms with Crippen LogP contribution in [0.4, 0.5) is 0 Å². The van der Waals surface area contributed by atoms with Gasteiger partial charge in [-0.15, -0.1) is 0 Å². The summed E-state index contributed by atoms with van der Waals surface area (Å²) in [5.41, 5.74) is 0. The van der Waals surface area contributed by atoms with Crippen molar-refractivity contribution in [1.82, 2.24) is 0 Å². The Morgan fingerprint density at radius 1 is 1.42 bits per heavy atom. The molecule has 0 aromatic rings. The van der Waals surface area contributed by atoms with Crippen LogP contribution in [0.25, 0.3) is 0 Å². The molecule has 0 rings (SSSR count). The second-order valence-corrected chi connectivity index (χ2v) is 2.11. The van der Waals surface area contributed by atoms with E-state index in [9.17, 15) is 0 Å². The van der Waals surface area contributed by atoms with Gasteiger partial charge < -0.3 is 9.47 Å². The van der Waals surface area contributed by atoms with Crippen molar-refractivity contribution in [2.45, 2.75) is 6.92 Å². The third kappa shape index (κ3) is 7.09. The first-order valence-electron chi connectivity index (χ1n) is 3.99. The second kappa shape index (κ2) is 8.08. The SMILES string of the molecule is C=C/C=C\C(=C)OCCOCC. The predicted molar refractivity (Wildman–Crippen MR) is 50.9 cm³/mol. The molecule has 0 aromatic heterocycles. The standard InChI is InChI=1S/C10H16O2/c1-4-6-7-10(3)12-9-8-11-5-2/h4,6-7H,1,3,5,8-9H2,2H3/b7-6-. The molecule has 12 heavy (non-hydrogen) atoms. The molecule has 0 saturated heterocycles. The molecule has 0 unspecified atom stereocenters. The predicted octanol–water partition coefficient (Wildman–Crippen LogP) is 2.30. The van der Waals surface area contributed by atoms with Crippen LogP contribution in [-0.2, 0) is 9.47 Å². The fraction of sp³-hybridized carbons (Fsp3) is 0.400. The lowest BCUT2D eigenvalue weighted by atomic mass is 10.4. The maximum Gasteiger partial charge on any atom is 0.112 e. The van der Waals surface area contributed by atoms with Gasteiger partial charge in [-0.1, -0.05) is 25.3 Å². The first-order valence-corrected chi connectivity index (χ1v) is 3.99. The smallest absolute Gasteiger partial charge is 0.112 e. The molecular weight excluding hydrogens is 152 g/mol. The van der Waals surface area contributed by atoms with Gasteiger partial charge in [0.05, 0.1) is 6.61 Å². The molecule has 0 aliphatic rings. The van der Waals surface area contributed by atoms with E-state index < -0.39 is 0 Å². The van der Waals surface area contributed by atoms with E-state index in [1.54, 1.807) is 18.2 Å². The van der Waals surface area contributed by atoms with E-state index in [1.165, 1.54) is 0 Å². The molecule has 0 atom stereocenters. The first kappa shape index (κ1) is 11.0. The van der Waals surface area contributed by atoms with Crippen LogP contribution in [0.3, 0.4) is 0 Å². The van der Waals surface area contributed by atoms with Gasteiger partial charge in [0.1, 0.15) is 12.4 Å². The van der Waals surface area contributed by atoms with E-state index in [4.69, 9.17) is 9.47 Å². The van der Waals surface area contributed by atoms with E-state index >= 15 is 0 Å². The minimum Gasteiger partial charge on any atom is -0.492 e. The molecule has 68 valence electrons. The minimum atomic E-state index is 0.550. The molecule has 2 heteroatoms. The molecule has 0 radical (unpaired) electrons. The van der Waals surface area contributed by atoms with Crippen LogP contribution in [0.15, 0.2) is 37.1 Å². The number of allylic oxidation sites excluding steroid dienone is 3. The topological polar surface area (TPSA) is 18.5 Å². The van der Waals surface area contributed by atoms with Gasteiger partial charge in [-0.05, 0) is 13.0 Å². The van der Waals surface area contributed by atoms with Crippen molar-refractivity contribution in [3.05, 3.63) is 37.1 Å². The summed E-state index contributed by atoms with van der Waals surface area (Å²) in [7, 11) is 0. The van der Waals surface area contributed by atoms with Gasteiger partial charge in [-0.25, -0.2) is 0 Å². The fourth-order valence-electron chi connectivity index (χ4n) is 0.600. The van der Waals surface area contributed by atoms with Crippen LogP contribution in [-0.4, -0.2) is 19.8 Å². The molecule has 0 fully saturated rings. The van der Waals surface area contributed by atoms with Crippen LogP contribution in [0, 0.1) is 0 Å². The summed E-state index contributed by atoms with van der Waals surface area (Å²) in [4.78, 5) is 0. The maximum absolute atomic E-state index is 5.19. The van der Waals surface area contributed by atoms with E-state index in [0.717, 1.165) is 6.61 Å². The monoisotopic (exact) mass is 168 g/mol. The van der Waals surface area contributed by atoms with E-state index in [0.29, 0.717) is 19.0 Å². The third-order valence-electron chi connectivity index (χ3n) is 1.14. The van der Waals surface area contributed by atoms with Crippen LogP contribution in [0.2, 0.25) is 0 Å². The van der Waals surface area contributed by atoms with Crippen LogP contribution in [0.1, 0.15) is 6.92 Å². The number of rotatable bonds is 7. The molecule has 0 spiro atoms. The van der Waals surface area contributed by atoms with Crippen molar-refractivity contribution in [1.29, 1.82) is 0 Å². The zero-order valence-corrected chi connectivity index (χ0v) is 7.58. The van der Waals surface area contributed by atoms with Crippen LogP contribution < -0.4 is 0 Å². The summed E-state index contributed by atoms with van der Waals surface area (Å²) in [5, 5.41) is 0. The number of ether oxygens (including phenoxy) is 2. The minimum absolute atomic E-state index is 0.550. The largest absolute Gasteiger partial charge is 0.492 e. The maximum atomic E-state index is 5.19. The highest BCUT2D eigenvalue weighted by Gasteiger charge is 1.88. The van der Waals surface area contributed by atoms with Crippen LogP contribution in [0.5, 0.6) is 0 Å². The lowest BCUT2D eigenvalue weighted by Crippen LogP contribution is -2.02. The van der Waals surface area contributed by atoms with Crippen molar-refractivity contribution in [3.63, 3.8) is 0 Å². The summed E-state index contributed by atoms with van der Waals surface area (Å²) in [6.45, 7) is 11.0. The Bertz CT molecular complexity index is 159. The van der Waals surface area contributed by atoms with Gasteiger partial charge >= 0.3 is 0 Å². The molecule has 0 aliphatic carbocycles. The summed E-state index contributed by atoms with van der Waals surface area (Å²) in [5.74, 6) is 0.634.